The first-order chi connectivity index (χ1) is 8.86. The third kappa shape index (κ3) is 3.37. The highest BCUT2D eigenvalue weighted by Gasteiger charge is 2.27. The van der Waals surface area contributed by atoms with Gasteiger partial charge in [-0.15, -0.1) is 11.8 Å². The Balaban J connectivity index is 2.07. The first kappa shape index (κ1) is 14.1. The van der Waals surface area contributed by atoms with E-state index >= 15 is 0 Å². The highest BCUT2D eigenvalue weighted by Crippen LogP contribution is 2.36. The van der Waals surface area contributed by atoms with Crippen molar-refractivity contribution in [3.05, 3.63) is 10.7 Å². The molecule has 0 radical (unpaired) electrons. The lowest BCUT2D eigenvalue weighted by atomic mass is 10.1. The molecule has 0 aromatic heterocycles. The first-order valence-corrected chi connectivity index (χ1v) is 8.71. The van der Waals surface area contributed by atoms with Crippen molar-refractivity contribution in [3.8, 4) is 0 Å². The van der Waals surface area contributed by atoms with Gasteiger partial charge in [0.05, 0.1) is 0 Å². The Bertz CT molecular complexity index is 262. The largest absolute Gasteiger partial charge is 0.358 e. The summed E-state index contributed by atoms with van der Waals surface area (Å²) in [4.78, 5) is 7.02. The van der Waals surface area contributed by atoms with Gasteiger partial charge >= 0.3 is 0 Å². The van der Waals surface area contributed by atoms with Crippen molar-refractivity contribution in [2.45, 2.75) is 52.4 Å². The van der Waals surface area contributed by atoms with E-state index in [0.29, 0.717) is 0 Å². The molecule has 0 aromatic rings. The van der Waals surface area contributed by atoms with Gasteiger partial charge in [0.1, 0.15) is 5.82 Å². The maximum absolute atomic E-state index is 2.67. The van der Waals surface area contributed by atoms with Gasteiger partial charge in [-0.05, 0) is 25.7 Å². The van der Waals surface area contributed by atoms with Crippen LogP contribution in [0.4, 0.5) is 0 Å². The van der Waals surface area contributed by atoms with E-state index in [-0.39, 0.29) is 0 Å². The summed E-state index contributed by atoms with van der Waals surface area (Å²) in [5.41, 5.74) is 0. The van der Waals surface area contributed by atoms with Crippen LogP contribution in [0.15, 0.2) is 10.7 Å². The fraction of sp³-hybridized carbons (Fsp3) is 0.867. The van der Waals surface area contributed by atoms with E-state index in [2.05, 4.69) is 35.4 Å². The second-order valence-corrected chi connectivity index (χ2v) is 6.57. The Labute approximate surface area is 117 Å². The minimum Gasteiger partial charge on any atom is -0.358 e. The van der Waals surface area contributed by atoms with Crippen molar-refractivity contribution in [1.29, 1.82) is 0 Å². The molecule has 0 amide bonds. The molecule has 0 saturated carbocycles. The highest BCUT2D eigenvalue weighted by molar-refractivity contribution is 8.03. The SMILES string of the molecule is CCCCN1CCCC2=C1N(CCCC)CCS2. The van der Waals surface area contributed by atoms with Crippen LogP contribution in [-0.2, 0) is 0 Å². The maximum Gasteiger partial charge on any atom is 0.114 e. The molecular formula is C15H28N2S. The summed E-state index contributed by atoms with van der Waals surface area (Å²) >= 11 is 2.12. The number of thioether (sulfide) groups is 1. The molecule has 0 N–H and O–H groups in total. The molecule has 0 aliphatic carbocycles. The third-order valence-corrected chi connectivity index (χ3v) is 5.00. The minimum absolute atomic E-state index is 1.26. The fourth-order valence-electron chi connectivity index (χ4n) is 2.86. The number of hydrogen-bond acceptors (Lipinski definition) is 3. The second-order valence-electron chi connectivity index (χ2n) is 5.38. The predicted molar refractivity (Wildman–Crippen MR) is 81.7 cm³/mol. The molecule has 0 unspecified atom stereocenters. The zero-order chi connectivity index (χ0) is 12.8. The van der Waals surface area contributed by atoms with Crippen LogP contribution >= 0.6 is 11.8 Å². The summed E-state index contributed by atoms with van der Waals surface area (Å²) in [5.74, 6) is 2.91. The quantitative estimate of drug-likeness (QED) is 0.721. The number of unbranched alkanes of at least 4 members (excludes halogenated alkanes) is 2. The third-order valence-electron chi connectivity index (χ3n) is 3.88. The van der Waals surface area contributed by atoms with E-state index in [0.717, 1.165) is 0 Å². The van der Waals surface area contributed by atoms with E-state index in [1.54, 1.807) is 10.7 Å². The standard InChI is InChI=1S/C15H28N2S/c1-3-5-9-16-11-7-8-14-15(16)17(10-6-4-2)12-13-18-14/h3-13H2,1-2H3. The molecule has 2 heterocycles. The lowest BCUT2D eigenvalue weighted by Crippen LogP contribution is -2.43. The molecule has 0 atom stereocenters. The molecule has 0 spiro atoms. The molecule has 2 rings (SSSR count). The van der Waals surface area contributed by atoms with Crippen LogP contribution in [0.1, 0.15) is 52.4 Å². The van der Waals surface area contributed by atoms with Crippen LogP contribution in [-0.4, -0.2) is 41.7 Å². The van der Waals surface area contributed by atoms with E-state index in [4.69, 9.17) is 0 Å². The summed E-state index contributed by atoms with van der Waals surface area (Å²) in [6, 6.07) is 0. The summed E-state index contributed by atoms with van der Waals surface area (Å²) in [6.07, 6.45) is 7.97. The van der Waals surface area contributed by atoms with Gasteiger partial charge in [-0.3, -0.25) is 0 Å². The Morgan fingerprint density at radius 3 is 2.33 bits per heavy atom. The Kier molecular flexibility index (Phi) is 5.74. The fourth-order valence-corrected chi connectivity index (χ4v) is 4.09. The highest BCUT2D eigenvalue weighted by atomic mass is 32.2. The van der Waals surface area contributed by atoms with E-state index in [1.165, 1.54) is 70.5 Å². The topological polar surface area (TPSA) is 6.48 Å². The molecule has 2 nitrogen and oxygen atoms in total. The predicted octanol–water partition coefficient (Wildman–Crippen LogP) is 3.90. The molecular weight excluding hydrogens is 240 g/mol. The molecule has 0 bridgehead atoms. The summed E-state index contributed by atoms with van der Waals surface area (Å²) in [6.45, 7) is 9.65. The van der Waals surface area contributed by atoms with Crippen molar-refractivity contribution >= 4 is 11.8 Å². The number of hydrogen-bond donors (Lipinski definition) is 0. The smallest absolute Gasteiger partial charge is 0.114 e. The van der Waals surface area contributed by atoms with Crippen LogP contribution in [0.25, 0.3) is 0 Å². The van der Waals surface area contributed by atoms with Gasteiger partial charge in [-0.25, -0.2) is 0 Å². The van der Waals surface area contributed by atoms with Crippen molar-refractivity contribution in [1.82, 2.24) is 9.80 Å². The zero-order valence-electron chi connectivity index (χ0n) is 12.1. The lowest BCUT2D eigenvalue weighted by Gasteiger charge is -2.43. The van der Waals surface area contributed by atoms with Crippen LogP contribution in [0, 0.1) is 0 Å². The monoisotopic (exact) mass is 268 g/mol. The molecule has 2 aliphatic rings. The van der Waals surface area contributed by atoms with Crippen molar-refractivity contribution in [3.63, 3.8) is 0 Å². The summed E-state index contributed by atoms with van der Waals surface area (Å²) < 4.78 is 0. The van der Waals surface area contributed by atoms with Crippen LogP contribution in [0.2, 0.25) is 0 Å². The minimum atomic E-state index is 1.26. The van der Waals surface area contributed by atoms with Gasteiger partial charge in [0, 0.05) is 36.8 Å². The van der Waals surface area contributed by atoms with Gasteiger partial charge in [0.15, 0.2) is 0 Å². The molecule has 0 saturated heterocycles. The Morgan fingerprint density at radius 1 is 1.00 bits per heavy atom. The van der Waals surface area contributed by atoms with Gasteiger partial charge in [0.2, 0.25) is 0 Å². The van der Waals surface area contributed by atoms with Crippen molar-refractivity contribution < 1.29 is 0 Å². The van der Waals surface area contributed by atoms with Gasteiger partial charge < -0.3 is 9.80 Å². The van der Waals surface area contributed by atoms with E-state index < -0.39 is 0 Å². The number of allylic oxidation sites excluding steroid dienone is 1. The molecule has 0 aromatic carbocycles. The van der Waals surface area contributed by atoms with Crippen molar-refractivity contribution in [2.24, 2.45) is 0 Å². The van der Waals surface area contributed by atoms with Gasteiger partial charge in [0.25, 0.3) is 0 Å². The Hall–Kier alpha value is -0.310. The molecule has 104 valence electrons. The summed E-state index contributed by atoms with van der Waals surface area (Å²) in [5, 5.41) is 0. The van der Waals surface area contributed by atoms with Crippen LogP contribution in [0.3, 0.4) is 0 Å². The average Bonchev–Trinajstić information content (AvgIpc) is 2.42. The van der Waals surface area contributed by atoms with Crippen LogP contribution < -0.4 is 0 Å². The molecule has 18 heavy (non-hydrogen) atoms. The van der Waals surface area contributed by atoms with Gasteiger partial charge in [-0.2, -0.15) is 0 Å². The van der Waals surface area contributed by atoms with Crippen LogP contribution in [0.5, 0.6) is 0 Å². The molecule has 2 aliphatic heterocycles. The number of rotatable bonds is 6. The molecule has 0 fully saturated rings. The first-order valence-electron chi connectivity index (χ1n) is 7.72. The lowest BCUT2D eigenvalue weighted by molar-refractivity contribution is 0.193. The van der Waals surface area contributed by atoms with E-state index in [9.17, 15) is 0 Å². The van der Waals surface area contributed by atoms with Gasteiger partial charge in [-0.1, -0.05) is 26.7 Å². The Morgan fingerprint density at radius 2 is 1.67 bits per heavy atom. The second kappa shape index (κ2) is 7.32. The normalized spacial score (nSPS) is 20.3. The van der Waals surface area contributed by atoms with Crippen molar-refractivity contribution in [2.75, 3.05) is 31.9 Å². The molecule has 3 heteroatoms. The maximum atomic E-state index is 2.67. The van der Waals surface area contributed by atoms with E-state index in [1.807, 2.05) is 0 Å². The average molecular weight is 268 g/mol. The zero-order valence-corrected chi connectivity index (χ0v) is 12.9. The summed E-state index contributed by atoms with van der Waals surface area (Å²) in [7, 11) is 0. The number of nitrogens with zero attached hydrogens (tertiary/aromatic N) is 2.